The van der Waals surface area contributed by atoms with Crippen molar-refractivity contribution in [2.75, 3.05) is 13.3 Å². The summed E-state index contributed by atoms with van der Waals surface area (Å²) in [5, 5.41) is 1.99. The number of halogens is 1. The van der Waals surface area contributed by atoms with Gasteiger partial charge in [-0.3, -0.25) is 4.99 Å². The molecular weight excluding hydrogens is 214 g/mol. The van der Waals surface area contributed by atoms with Crippen LogP contribution in [0.4, 0.5) is 0 Å². The molecule has 0 heterocycles. The van der Waals surface area contributed by atoms with Gasteiger partial charge in [0, 0.05) is 12.1 Å². The lowest BCUT2D eigenvalue weighted by Crippen LogP contribution is -1.94. The van der Waals surface area contributed by atoms with Crippen molar-refractivity contribution in [3.8, 4) is 0 Å². The Hall–Kier alpha value is -0.470. The first-order valence-corrected chi connectivity index (χ1v) is 6.10. The molecular formula is C11H14ClNS. The van der Waals surface area contributed by atoms with E-state index < -0.39 is 0 Å². The van der Waals surface area contributed by atoms with Crippen LogP contribution in [0.2, 0.25) is 5.02 Å². The van der Waals surface area contributed by atoms with Gasteiger partial charge < -0.3 is 0 Å². The molecule has 0 unspecified atom stereocenters. The van der Waals surface area contributed by atoms with Crippen molar-refractivity contribution in [2.24, 2.45) is 4.99 Å². The van der Waals surface area contributed by atoms with Crippen molar-refractivity contribution in [2.45, 2.75) is 12.8 Å². The fourth-order valence-corrected chi connectivity index (χ4v) is 1.82. The van der Waals surface area contributed by atoms with Crippen molar-refractivity contribution in [3.63, 3.8) is 0 Å². The third-order valence-electron chi connectivity index (χ3n) is 2.03. The fraction of sp³-hybridized carbons (Fsp3) is 0.364. The van der Waals surface area contributed by atoms with Crippen LogP contribution in [-0.4, -0.2) is 18.3 Å². The Bertz CT molecular complexity index is 306. The van der Waals surface area contributed by atoms with Gasteiger partial charge in [-0.1, -0.05) is 23.7 Å². The van der Waals surface area contributed by atoms with E-state index in [0.717, 1.165) is 17.9 Å². The molecule has 0 saturated heterocycles. The SMILES string of the molecule is CN=C(CCc1ccc(Cl)cc1)SC. The summed E-state index contributed by atoms with van der Waals surface area (Å²) >= 11 is 7.52. The second-order valence-electron chi connectivity index (χ2n) is 2.95. The third-order valence-corrected chi connectivity index (χ3v) is 3.14. The average molecular weight is 228 g/mol. The molecule has 0 amide bonds. The Morgan fingerprint density at radius 3 is 2.50 bits per heavy atom. The van der Waals surface area contributed by atoms with Crippen LogP contribution in [0.3, 0.4) is 0 Å². The zero-order valence-corrected chi connectivity index (χ0v) is 10.0. The number of thioether (sulfide) groups is 1. The molecule has 0 radical (unpaired) electrons. The molecule has 0 aliphatic rings. The Morgan fingerprint density at radius 1 is 1.36 bits per heavy atom. The molecule has 0 bridgehead atoms. The van der Waals surface area contributed by atoms with Crippen LogP contribution in [0.15, 0.2) is 29.3 Å². The van der Waals surface area contributed by atoms with E-state index >= 15 is 0 Å². The summed E-state index contributed by atoms with van der Waals surface area (Å²) in [7, 11) is 1.84. The summed E-state index contributed by atoms with van der Waals surface area (Å²) in [5.74, 6) is 0. The molecule has 3 heteroatoms. The first-order chi connectivity index (χ1) is 6.76. The van der Waals surface area contributed by atoms with Crippen LogP contribution in [-0.2, 0) is 6.42 Å². The number of hydrogen-bond donors (Lipinski definition) is 0. The van der Waals surface area contributed by atoms with Gasteiger partial charge in [0.25, 0.3) is 0 Å². The maximum Gasteiger partial charge on any atom is 0.0673 e. The normalized spacial score (nSPS) is 11.8. The molecule has 0 aliphatic heterocycles. The molecule has 0 aliphatic carbocycles. The first-order valence-electron chi connectivity index (χ1n) is 4.50. The maximum atomic E-state index is 5.80. The van der Waals surface area contributed by atoms with Crippen molar-refractivity contribution in [3.05, 3.63) is 34.9 Å². The monoisotopic (exact) mass is 227 g/mol. The third kappa shape index (κ3) is 3.72. The molecule has 0 spiro atoms. The van der Waals surface area contributed by atoms with Crippen LogP contribution < -0.4 is 0 Å². The molecule has 1 aromatic carbocycles. The highest BCUT2D eigenvalue weighted by atomic mass is 35.5. The Balaban J connectivity index is 2.49. The van der Waals surface area contributed by atoms with E-state index in [9.17, 15) is 0 Å². The summed E-state index contributed by atoms with van der Waals surface area (Å²) in [6.45, 7) is 0. The molecule has 0 aromatic heterocycles. The number of nitrogens with zero attached hydrogens (tertiary/aromatic N) is 1. The van der Waals surface area contributed by atoms with Gasteiger partial charge in [-0.05, 0) is 36.8 Å². The quantitative estimate of drug-likeness (QED) is 0.567. The Kier molecular flexibility index (Phi) is 5.05. The van der Waals surface area contributed by atoms with Crippen LogP contribution in [0.5, 0.6) is 0 Å². The molecule has 0 fully saturated rings. The lowest BCUT2D eigenvalue weighted by Gasteiger charge is -2.02. The largest absolute Gasteiger partial charge is 0.286 e. The summed E-state index contributed by atoms with van der Waals surface area (Å²) in [4.78, 5) is 4.19. The van der Waals surface area contributed by atoms with E-state index in [1.54, 1.807) is 11.8 Å². The van der Waals surface area contributed by atoms with E-state index in [0.29, 0.717) is 0 Å². The van der Waals surface area contributed by atoms with Gasteiger partial charge in [-0.2, -0.15) is 0 Å². The highest BCUT2D eigenvalue weighted by Gasteiger charge is 1.98. The van der Waals surface area contributed by atoms with Crippen molar-refractivity contribution >= 4 is 28.4 Å². The van der Waals surface area contributed by atoms with Gasteiger partial charge in [0.05, 0.1) is 5.04 Å². The van der Waals surface area contributed by atoms with Crippen LogP contribution in [0.1, 0.15) is 12.0 Å². The van der Waals surface area contributed by atoms with Crippen molar-refractivity contribution < 1.29 is 0 Å². The predicted octanol–water partition coefficient (Wildman–Crippen LogP) is 3.66. The predicted molar refractivity (Wildman–Crippen MR) is 66.6 cm³/mol. The molecule has 76 valence electrons. The minimum Gasteiger partial charge on any atom is -0.286 e. The highest BCUT2D eigenvalue weighted by Crippen LogP contribution is 2.13. The van der Waals surface area contributed by atoms with Crippen LogP contribution in [0, 0.1) is 0 Å². The average Bonchev–Trinajstić information content (AvgIpc) is 2.22. The molecule has 0 N–H and O–H groups in total. The Morgan fingerprint density at radius 2 is 2.00 bits per heavy atom. The van der Waals surface area contributed by atoms with Gasteiger partial charge in [-0.15, -0.1) is 11.8 Å². The van der Waals surface area contributed by atoms with E-state index in [-0.39, 0.29) is 0 Å². The number of aryl methyl sites for hydroxylation is 1. The number of benzene rings is 1. The first kappa shape index (κ1) is 11.6. The lowest BCUT2D eigenvalue weighted by atomic mass is 10.1. The molecule has 1 aromatic rings. The van der Waals surface area contributed by atoms with Crippen LogP contribution in [0.25, 0.3) is 0 Å². The van der Waals surface area contributed by atoms with Gasteiger partial charge in [0.1, 0.15) is 0 Å². The smallest absolute Gasteiger partial charge is 0.0673 e. The highest BCUT2D eigenvalue weighted by molar-refractivity contribution is 8.13. The number of hydrogen-bond acceptors (Lipinski definition) is 2. The summed E-state index contributed by atoms with van der Waals surface area (Å²) in [6.07, 6.45) is 4.11. The second-order valence-corrected chi connectivity index (χ2v) is 4.26. The second kappa shape index (κ2) is 6.10. The van der Waals surface area contributed by atoms with Crippen LogP contribution >= 0.6 is 23.4 Å². The summed E-state index contributed by atoms with van der Waals surface area (Å²) in [5.41, 5.74) is 1.31. The lowest BCUT2D eigenvalue weighted by molar-refractivity contribution is 1.05. The molecule has 0 saturated carbocycles. The van der Waals surface area contributed by atoms with E-state index in [1.807, 2.05) is 19.2 Å². The van der Waals surface area contributed by atoms with Gasteiger partial charge in [-0.25, -0.2) is 0 Å². The maximum absolute atomic E-state index is 5.80. The zero-order chi connectivity index (χ0) is 10.4. The van der Waals surface area contributed by atoms with E-state index in [4.69, 9.17) is 11.6 Å². The summed E-state index contributed by atoms with van der Waals surface area (Å²) in [6, 6.07) is 7.99. The van der Waals surface area contributed by atoms with E-state index in [2.05, 4.69) is 23.4 Å². The summed E-state index contributed by atoms with van der Waals surface area (Å²) < 4.78 is 0. The van der Waals surface area contributed by atoms with Gasteiger partial charge >= 0.3 is 0 Å². The molecule has 14 heavy (non-hydrogen) atoms. The zero-order valence-electron chi connectivity index (χ0n) is 8.46. The molecule has 1 nitrogen and oxygen atoms in total. The van der Waals surface area contributed by atoms with Crippen molar-refractivity contribution in [1.82, 2.24) is 0 Å². The van der Waals surface area contributed by atoms with Gasteiger partial charge in [0.2, 0.25) is 0 Å². The minimum atomic E-state index is 0.794. The molecule has 1 rings (SSSR count). The molecule has 0 atom stereocenters. The number of aliphatic imine (C=N–C) groups is 1. The van der Waals surface area contributed by atoms with Gasteiger partial charge in [0.15, 0.2) is 0 Å². The van der Waals surface area contributed by atoms with Crippen molar-refractivity contribution in [1.29, 1.82) is 0 Å². The van der Waals surface area contributed by atoms with E-state index in [1.165, 1.54) is 10.6 Å². The standard InChI is InChI=1S/C11H14ClNS/c1-13-11(14-2)8-5-9-3-6-10(12)7-4-9/h3-4,6-7H,5,8H2,1-2H3. The Labute approximate surface area is 94.6 Å². The fourth-order valence-electron chi connectivity index (χ4n) is 1.21. The minimum absolute atomic E-state index is 0.794. The number of rotatable bonds is 3. The topological polar surface area (TPSA) is 12.4 Å².